The third-order valence-corrected chi connectivity index (χ3v) is 5.51. The molecule has 1 fully saturated rings. The summed E-state index contributed by atoms with van der Waals surface area (Å²) >= 11 is 3.12. The van der Waals surface area contributed by atoms with Crippen LogP contribution in [0.25, 0.3) is 0 Å². The summed E-state index contributed by atoms with van der Waals surface area (Å²) in [4.78, 5) is 24.6. The molecule has 1 saturated carbocycles. The Morgan fingerprint density at radius 1 is 1.21 bits per heavy atom. The molecule has 0 bridgehead atoms. The minimum atomic E-state index is -5.24. The number of alkyl halides is 3. The van der Waals surface area contributed by atoms with Crippen LogP contribution in [0.4, 0.5) is 13.2 Å². The fourth-order valence-electron chi connectivity index (χ4n) is 2.86. The van der Waals surface area contributed by atoms with Crippen LogP contribution in [-0.4, -0.2) is 42.9 Å². The number of hydrogen-bond donors (Lipinski definition) is 1. The number of carbonyl (C=O) groups is 2. The van der Waals surface area contributed by atoms with Crippen molar-refractivity contribution < 1.29 is 45.2 Å². The van der Waals surface area contributed by atoms with Gasteiger partial charge in [-0.1, -0.05) is 35.2 Å². The monoisotopic (exact) mass is 502 g/mol. The van der Waals surface area contributed by atoms with Crippen molar-refractivity contribution in [1.82, 2.24) is 0 Å². The average Bonchev–Trinajstić information content (AvgIpc) is 2.60. The second-order valence-corrected chi connectivity index (χ2v) is 8.99. The van der Waals surface area contributed by atoms with Gasteiger partial charge in [0.05, 0.1) is 5.92 Å². The smallest absolute Gasteiger partial charge is 0.426 e. The number of halogens is 4. The van der Waals surface area contributed by atoms with E-state index in [1.807, 2.05) is 0 Å². The second kappa shape index (κ2) is 9.43. The molecule has 0 aliphatic heterocycles. The van der Waals surface area contributed by atoms with E-state index in [1.54, 1.807) is 0 Å². The lowest BCUT2D eigenvalue weighted by Gasteiger charge is -2.22. The van der Waals surface area contributed by atoms with E-state index in [0.29, 0.717) is 17.3 Å². The number of carbonyl (C=O) groups excluding carboxylic acids is 2. The Labute approximate surface area is 173 Å². The highest BCUT2D eigenvalue weighted by Crippen LogP contribution is 2.31. The molecular formula is C17H18BrF3O7S. The molecule has 0 saturated heterocycles. The Bertz CT molecular complexity index is 864. The van der Waals surface area contributed by atoms with Crippen molar-refractivity contribution in [2.24, 2.45) is 5.92 Å². The van der Waals surface area contributed by atoms with Crippen molar-refractivity contribution in [3.05, 3.63) is 28.2 Å². The quantitative estimate of drug-likeness (QED) is 0.357. The van der Waals surface area contributed by atoms with Gasteiger partial charge in [0, 0.05) is 4.47 Å². The Hall–Kier alpha value is -1.66. The Morgan fingerprint density at radius 2 is 1.83 bits per heavy atom. The molecule has 162 valence electrons. The largest absolute Gasteiger partial charge is 0.448 e. The summed E-state index contributed by atoms with van der Waals surface area (Å²) in [5.74, 6) is -4.70. The number of benzene rings is 1. The summed E-state index contributed by atoms with van der Waals surface area (Å²) in [6.45, 7) is 0. The van der Waals surface area contributed by atoms with Gasteiger partial charge in [-0.3, -0.25) is 9.35 Å². The first-order valence-electron chi connectivity index (χ1n) is 8.61. The molecular weight excluding hydrogens is 485 g/mol. The maximum Gasteiger partial charge on any atom is 0.426 e. The van der Waals surface area contributed by atoms with E-state index in [-0.39, 0.29) is 11.7 Å². The van der Waals surface area contributed by atoms with Crippen molar-refractivity contribution in [3.8, 4) is 5.75 Å². The highest BCUT2D eigenvalue weighted by molar-refractivity contribution is 9.10. The highest BCUT2D eigenvalue weighted by Gasteiger charge is 2.46. The Kier molecular flexibility index (Phi) is 7.68. The zero-order chi connectivity index (χ0) is 21.8. The number of ether oxygens (including phenoxy) is 2. The fourth-order valence-corrected chi connectivity index (χ4v) is 3.84. The number of rotatable bonds is 6. The first-order valence-corrected chi connectivity index (χ1v) is 11.0. The molecule has 0 radical (unpaired) electrons. The van der Waals surface area contributed by atoms with Gasteiger partial charge in [0.15, 0.2) is 0 Å². The van der Waals surface area contributed by atoms with Crippen LogP contribution in [0.3, 0.4) is 0 Å². The topological polar surface area (TPSA) is 107 Å². The third-order valence-electron chi connectivity index (χ3n) is 4.29. The summed E-state index contributed by atoms with van der Waals surface area (Å²) < 4.78 is 79.2. The Morgan fingerprint density at radius 3 is 2.38 bits per heavy atom. The fraction of sp³-hybridized carbons (Fsp3) is 0.529. The number of hydrogen-bond acceptors (Lipinski definition) is 6. The molecule has 1 aromatic rings. The summed E-state index contributed by atoms with van der Waals surface area (Å²) in [6.07, 6.45) is -4.43. The molecule has 1 aliphatic carbocycles. The molecule has 0 spiro atoms. The van der Waals surface area contributed by atoms with Crippen LogP contribution in [0.2, 0.25) is 0 Å². The van der Waals surface area contributed by atoms with E-state index in [9.17, 15) is 31.2 Å². The van der Waals surface area contributed by atoms with E-state index in [4.69, 9.17) is 9.29 Å². The van der Waals surface area contributed by atoms with Gasteiger partial charge >= 0.3 is 18.1 Å². The first kappa shape index (κ1) is 23.6. The average molecular weight is 503 g/mol. The normalized spacial score (nSPS) is 16.9. The van der Waals surface area contributed by atoms with Crippen molar-refractivity contribution in [1.29, 1.82) is 0 Å². The zero-order valence-corrected chi connectivity index (χ0v) is 17.3. The van der Waals surface area contributed by atoms with Crippen LogP contribution >= 0.6 is 15.9 Å². The SMILES string of the molecule is O=C(OC(CS(=O)(=O)O)C(F)(F)F)c1ccc(Br)cc1OC(=O)C1CCCCC1. The van der Waals surface area contributed by atoms with Crippen LogP contribution in [-0.2, 0) is 19.6 Å². The molecule has 1 atom stereocenters. The van der Waals surface area contributed by atoms with Crippen LogP contribution in [0.1, 0.15) is 42.5 Å². The van der Waals surface area contributed by atoms with E-state index in [2.05, 4.69) is 20.7 Å². The van der Waals surface area contributed by atoms with Crippen molar-refractivity contribution in [2.45, 2.75) is 44.4 Å². The van der Waals surface area contributed by atoms with E-state index in [0.717, 1.165) is 25.3 Å². The van der Waals surface area contributed by atoms with Gasteiger partial charge in [0.1, 0.15) is 17.1 Å². The van der Waals surface area contributed by atoms with Gasteiger partial charge in [-0.25, -0.2) is 4.79 Å². The Balaban J connectivity index is 2.24. The molecule has 2 rings (SSSR count). The second-order valence-electron chi connectivity index (χ2n) is 6.58. The standard InChI is InChI=1S/C17H18BrF3O7S/c18-11-6-7-12(13(8-11)27-15(22)10-4-2-1-3-5-10)16(23)28-14(17(19,20)21)9-29(24,25)26/h6-8,10,14H,1-5,9H2,(H,24,25,26). The molecule has 12 heteroatoms. The van der Waals surface area contributed by atoms with Crippen molar-refractivity contribution >= 4 is 38.0 Å². The molecule has 1 aliphatic rings. The third kappa shape index (κ3) is 7.27. The molecule has 1 aromatic carbocycles. The van der Waals surface area contributed by atoms with Gasteiger partial charge in [0.25, 0.3) is 10.1 Å². The lowest BCUT2D eigenvalue weighted by atomic mass is 9.89. The minimum absolute atomic E-state index is 0.312. The van der Waals surface area contributed by atoms with Crippen LogP contribution < -0.4 is 4.74 Å². The molecule has 0 aromatic heterocycles. The van der Waals surface area contributed by atoms with E-state index < -0.39 is 45.7 Å². The first-order chi connectivity index (χ1) is 13.4. The molecule has 0 amide bonds. The zero-order valence-electron chi connectivity index (χ0n) is 14.9. The van der Waals surface area contributed by atoms with Crippen LogP contribution in [0, 0.1) is 5.92 Å². The minimum Gasteiger partial charge on any atom is -0.448 e. The number of esters is 2. The lowest BCUT2D eigenvalue weighted by Crippen LogP contribution is -2.39. The van der Waals surface area contributed by atoms with Crippen molar-refractivity contribution in [2.75, 3.05) is 5.75 Å². The predicted octanol–water partition coefficient (Wildman–Crippen LogP) is 3.91. The molecule has 0 heterocycles. The van der Waals surface area contributed by atoms with E-state index in [1.165, 1.54) is 12.1 Å². The summed E-state index contributed by atoms with van der Waals surface area (Å²) in [5, 5.41) is 0. The highest BCUT2D eigenvalue weighted by atomic mass is 79.9. The van der Waals surface area contributed by atoms with Crippen LogP contribution in [0.5, 0.6) is 5.75 Å². The van der Waals surface area contributed by atoms with Gasteiger partial charge in [-0.15, -0.1) is 0 Å². The van der Waals surface area contributed by atoms with E-state index >= 15 is 0 Å². The molecule has 7 nitrogen and oxygen atoms in total. The summed E-state index contributed by atoms with van der Waals surface area (Å²) in [6, 6.07) is 3.62. The predicted molar refractivity (Wildman–Crippen MR) is 98.0 cm³/mol. The maximum absolute atomic E-state index is 13.0. The van der Waals surface area contributed by atoms with Crippen LogP contribution in [0.15, 0.2) is 22.7 Å². The molecule has 1 N–H and O–H groups in total. The van der Waals surface area contributed by atoms with Gasteiger partial charge < -0.3 is 9.47 Å². The summed E-state index contributed by atoms with van der Waals surface area (Å²) in [7, 11) is -5.07. The van der Waals surface area contributed by atoms with Gasteiger partial charge in [0.2, 0.25) is 6.10 Å². The lowest BCUT2D eigenvalue weighted by molar-refractivity contribution is -0.197. The molecule has 29 heavy (non-hydrogen) atoms. The van der Waals surface area contributed by atoms with Gasteiger partial charge in [-0.2, -0.15) is 21.6 Å². The molecule has 1 unspecified atom stereocenters. The van der Waals surface area contributed by atoms with Gasteiger partial charge in [-0.05, 0) is 31.0 Å². The summed E-state index contributed by atoms with van der Waals surface area (Å²) in [5.41, 5.74) is -0.484. The van der Waals surface area contributed by atoms with Crippen molar-refractivity contribution in [3.63, 3.8) is 0 Å². The maximum atomic E-state index is 13.0.